The predicted octanol–water partition coefficient (Wildman–Crippen LogP) is 2.98. The minimum Gasteiger partial charge on any atom is -0.329 e. The Balaban J connectivity index is 1.93. The lowest BCUT2D eigenvalue weighted by Crippen LogP contribution is -2.05. The molecule has 0 aliphatic carbocycles. The van der Waals surface area contributed by atoms with Crippen molar-refractivity contribution in [1.29, 1.82) is 0 Å². The van der Waals surface area contributed by atoms with Gasteiger partial charge in [-0.25, -0.2) is 13.4 Å². The smallest absolute Gasteiger partial charge is 0.329 e. The third kappa shape index (κ3) is 3.00. The third-order valence-corrected chi connectivity index (χ3v) is 4.68. The molecule has 0 amide bonds. The molecule has 0 unspecified atom stereocenters. The second-order valence-corrected chi connectivity index (χ2v) is 6.52. The van der Waals surface area contributed by atoms with Crippen molar-refractivity contribution in [2.75, 3.05) is 0 Å². The molecule has 124 valence electrons. The zero-order chi connectivity index (χ0) is 17.4. The van der Waals surface area contributed by atoms with Gasteiger partial charge in [-0.1, -0.05) is 23.4 Å². The summed E-state index contributed by atoms with van der Waals surface area (Å²) < 4.78 is 66.1. The van der Waals surface area contributed by atoms with Crippen molar-refractivity contribution in [1.82, 2.24) is 15.1 Å². The van der Waals surface area contributed by atoms with Crippen LogP contribution < -0.4 is 0 Å². The fourth-order valence-electron chi connectivity index (χ4n) is 1.85. The number of aromatic nitrogens is 3. The number of benzene rings is 1. The second-order valence-electron chi connectivity index (χ2n) is 4.62. The quantitative estimate of drug-likeness (QED) is 0.718. The summed E-state index contributed by atoms with van der Waals surface area (Å²) in [5.74, 6) is -1.82. The first kappa shape index (κ1) is 16.1. The molecule has 1 aromatic carbocycles. The van der Waals surface area contributed by atoms with Crippen molar-refractivity contribution in [2.45, 2.75) is 16.1 Å². The number of rotatable bonds is 3. The first-order chi connectivity index (χ1) is 11.3. The van der Waals surface area contributed by atoms with Crippen LogP contribution >= 0.6 is 0 Å². The maximum atomic E-state index is 12.4. The van der Waals surface area contributed by atoms with Crippen LogP contribution in [0.1, 0.15) is 5.89 Å². The Hall–Kier alpha value is -2.75. The molecular weight excluding hydrogens is 347 g/mol. The number of hydrogen-bond acceptors (Lipinski definition) is 6. The van der Waals surface area contributed by atoms with Gasteiger partial charge in [-0.2, -0.15) is 18.2 Å². The van der Waals surface area contributed by atoms with Crippen molar-refractivity contribution in [3.8, 4) is 11.4 Å². The fourth-order valence-corrected chi connectivity index (χ4v) is 3.04. The summed E-state index contributed by atoms with van der Waals surface area (Å²) in [6.07, 6.45) is -3.68. The van der Waals surface area contributed by atoms with Crippen LogP contribution in [0.15, 0.2) is 63.1 Å². The molecule has 0 fully saturated rings. The fraction of sp³-hybridized carbons (Fsp3) is 0.0714. The number of pyridine rings is 1. The summed E-state index contributed by atoms with van der Waals surface area (Å²) in [5, 5.41) is 2.97. The van der Waals surface area contributed by atoms with Gasteiger partial charge in [0.2, 0.25) is 15.7 Å². The zero-order valence-electron chi connectivity index (χ0n) is 11.7. The van der Waals surface area contributed by atoms with Crippen molar-refractivity contribution in [3.05, 3.63) is 54.6 Å². The Kier molecular flexibility index (Phi) is 3.84. The largest absolute Gasteiger partial charge is 0.471 e. The number of halogens is 3. The van der Waals surface area contributed by atoms with Crippen LogP contribution in [0.25, 0.3) is 11.4 Å². The monoisotopic (exact) mass is 355 g/mol. The maximum Gasteiger partial charge on any atom is 0.471 e. The van der Waals surface area contributed by atoms with E-state index in [-0.39, 0.29) is 21.3 Å². The van der Waals surface area contributed by atoms with Gasteiger partial charge in [0.05, 0.1) is 4.90 Å². The van der Waals surface area contributed by atoms with E-state index in [1.165, 1.54) is 24.3 Å². The highest BCUT2D eigenvalue weighted by molar-refractivity contribution is 7.91. The van der Waals surface area contributed by atoms with Gasteiger partial charge in [0.15, 0.2) is 5.03 Å². The van der Waals surface area contributed by atoms with E-state index in [1.807, 2.05) is 0 Å². The van der Waals surface area contributed by atoms with Gasteiger partial charge in [-0.15, -0.1) is 0 Å². The van der Waals surface area contributed by atoms with Gasteiger partial charge in [-0.05, 0) is 24.3 Å². The second kappa shape index (κ2) is 5.71. The van der Waals surface area contributed by atoms with Crippen LogP contribution in [-0.4, -0.2) is 23.5 Å². The molecule has 0 aliphatic heterocycles. The molecule has 2 heterocycles. The standard InChI is InChI=1S/C14H8F3N3O3S/c15-14(16,17)13-19-12(20-23-13)9-6-7-11(18-8-9)24(21,22)10-4-2-1-3-5-10/h1-8H. The number of hydrogen-bond donors (Lipinski definition) is 0. The van der Waals surface area contributed by atoms with Gasteiger partial charge in [-0.3, -0.25) is 0 Å². The Morgan fingerprint density at radius 1 is 1.00 bits per heavy atom. The van der Waals surface area contributed by atoms with Crippen LogP contribution in [0, 0.1) is 0 Å². The van der Waals surface area contributed by atoms with E-state index < -0.39 is 21.9 Å². The SMILES string of the molecule is O=S(=O)(c1ccccc1)c1ccc(-c2noc(C(F)(F)F)n2)cn1. The molecule has 3 rings (SSSR count). The Bertz CT molecular complexity index is 952. The highest BCUT2D eigenvalue weighted by Gasteiger charge is 2.38. The van der Waals surface area contributed by atoms with Gasteiger partial charge in [0, 0.05) is 11.8 Å². The molecule has 6 nitrogen and oxygen atoms in total. The van der Waals surface area contributed by atoms with Gasteiger partial charge in [0.25, 0.3) is 0 Å². The minimum atomic E-state index is -4.75. The summed E-state index contributed by atoms with van der Waals surface area (Å²) in [4.78, 5) is 7.05. The first-order valence-corrected chi connectivity index (χ1v) is 7.94. The maximum absolute atomic E-state index is 12.4. The summed E-state index contributed by atoms with van der Waals surface area (Å²) in [5.41, 5.74) is 0.0984. The molecule has 0 saturated heterocycles. The molecular formula is C14H8F3N3O3S. The number of nitrogens with zero attached hydrogens (tertiary/aromatic N) is 3. The van der Waals surface area contributed by atoms with Crippen molar-refractivity contribution in [3.63, 3.8) is 0 Å². The highest BCUT2D eigenvalue weighted by atomic mass is 32.2. The molecule has 0 saturated carbocycles. The van der Waals surface area contributed by atoms with E-state index in [1.54, 1.807) is 18.2 Å². The van der Waals surface area contributed by atoms with Crippen LogP contribution in [0.5, 0.6) is 0 Å². The molecule has 10 heteroatoms. The number of alkyl halides is 3. The van der Waals surface area contributed by atoms with Crippen LogP contribution in [0.2, 0.25) is 0 Å². The lowest BCUT2D eigenvalue weighted by atomic mass is 10.3. The normalized spacial score (nSPS) is 12.3. The van der Waals surface area contributed by atoms with Gasteiger partial charge in [0.1, 0.15) is 0 Å². The van der Waals surface area contributed by atoms with Crippen LogP contribution in [0.4, 0.5) is 13.2 Å². The van der Waals surface area contributed by atoms with Crippen molar-refractivity contribution in [2.24, 2.45) is 0 Å². The van der Waals surface area contributed by atoms with E-state index in [0.717, 1.165) is 6.20 Å². The Morgan fingerprint density at radius 3 is 2.25 bits per heavy atom. The average Bonchev–Trinajstić information content (AvgIpc) is 3.06. The molecule has 0 aliphatic rings. The lowest BCUT2D eigenvalue weighted by molar-refractivity contribution is -0.159. The third-order valence-electron chi connectivity index (χ3n) is 2.99. The molecule has 0 radical (unpaired) electrons. The minimum absolute atomic E-state index is 0.0594. The Morgan fingerprint density at radius 2 is 1.71 bits per heavy atom. The van der Waals surface area contributed by atoms with E-state index >= 15 is 0 Å². The lowest BCUT2D eigenvalue weighted by Gasteiger charge is -2.03. The van der Waals surface area contributed by atoms with E-state index in [0.29, 0.717) is 0 Å². The molecule has 0 atom stereocenters. The summed E-state index contributed by atoms with van der Waals surface area (Å²) >= 11 is 0. The van der Waals surface area contributed by atoms with E-state index in [2.05, 4.69) is 19.6 Å². The van der Waals surface area contributed by atoms with Crippen LogP contribution in [0.3, 0.4) is 0 Å². The molecule has 0 spiro atoms. The van der Waals surface area contributed by atoms with Crippen molar-refractivity contribution < 1.29 is 26.1 Å². The van der Waals surface area contributed by atoms with E-state index in [9.17, 15) is 21.6 Å². The number of sulfone groups is 1. The van der Waals surface area contributed by atoms with Gasteiger partial charge < -0.3 is 4.52 Å². The first-order valence-electron chi connectivity index (χ1n) is 6.46. The zero-order valence-corrected chi connectivity index (χ0v) is 12.5. The van der Waals surface area contributed by atoms with Crippen molar-refractivity contribution >= 4 is 9.84 Å². The van der Waals surface area contributed by atoms with Crippen LogP contribution in [-0.2, 0) is 16.0 Å². The Labute approximate surface area is 133 Å². The summed E-state index contributed by atoms with van der Waals surface area (Å²) in [7, 11) is -3.81. The summed E-state index contributed by atoms with van der Waals surface area (Å²) in [6, 6.07) is 10.1. The predicted molar refractivity (Wildman–Crippen MR) is 74.4 cm³/mol. The average molecular weight is 355 g/mol. The summed E-state index contributed by atoms with van der Waals surface area (Å²) in [6.45, 7) is 0. The molecule has 0 bridgehead atoms. The molecule has 3 aromatic rings. The van der Waals surface area contributed by atoms with Gasteiger partial charge >= 0.3 is 12.1 Å². The van der Waals surface area contributed by atoms with E-state index in [4.69, 9.17) is 0 Å². The topological polar surface area (TPSA) is 86.0 Å². The molecule has 24 heavy (non-hydrogen) atoms. The molecule has 2 aromatic heterocycles. The molecule has 0 N–H and O–H groups in total. The highest BCUT2D eigenvalue weighted by Crippen LogP contribution is 2.29.